The fourth-order valence-corrected chi connectivity index (χ4v) is 8.43. The van der Waals surface area contributed by atoms with Crippen molar-refractivity contribution >= 4 is 82.0 Å². The first-order valence-corrected chi connectivity index (χ1v) is 19.9. The van der Waals surface area contributed by atoms with E-state index >= 15 is 0 Å². The van der Waals surface area contributed by atoms with Gasteiger partial charge in [-0.3, -0.25) is 38.5 Å². The van der Waals surface area contributed by atoms with E-state index in [2.05, 4.69) is 37.2 Å². The van der Waals surface area contributed by atoms with Gasteiger partial charge in [0.15, 0.2) is 10.9 Å². The number of piperidine rings is 1. The maximum absolute atomic E-state index is 12.7. The number of benzene rings is 1. The molecule has 0 aliphatic carbocycles. The van der Waals surface area contributed by atoms with E-state index in [1.54, 1.807) is 4.90 Å². The largest absolute Gasteiger partial charge is 0.353 e. The number of Topliss-reactive ketones (excluding diaryl/α,β-unsaturated/α-hetero) is 1. The monoisotopic (exact) mass is 797 g/mol. The zero-order valence-electron chi connectivity index (χ0n) is 30.4. The molecule has 55 heavy (non-hydrogen) atoms. The maximum Gasteiger partial charge on any atom is 0.315 e. The van der Waals surface area contributed by atoms with Gasteiger partial charge in [0.2, 0.25) is 23.6 Å². The highest BCUT2D eigenvalue weighted by molar-refractivity contribution is 8.00. The highest BCUT2D eigenvalue weighted by atomic mass is 32.2. The number of amides is 8. The van der Waals surface area contributed by atoms with Crippen molar-refractivity contribution in [2.75, 3.05) is 50.3 Å². The Kier molecular flexibility index (Phi) is 15.0. The Morgan fingerprint density at radius 2 is 1.51 bits per heavy atom. The molecule has 0 spiro atoms. The molecule has 4 heterocycles. The first kappa shape index (κ1) is 41.1. The zero-order valence-corrected chi connectivity index (χ0v) is 32.0. The lowest BCUT2D eigenvalue weighted by Gasteiger charge is -2.31. The molecule has 8 amide bonds. The number of nitrogens with one attached hydrogen (secondary N) is 7. The molecule has 4 aliphatic rings. The number of anilines is 1. The van der Waals surface area contributed by atoms with Gasteiger partial charge in [-0.1, -0.05) is 25.0 Å². The van der Waals surface area contributed by atoms with Crippen molar-refractivity contribution in [1.82, 2.24) is 41.7 Å². The number of likely N-dealkylation sites (tertiary alicyclic amines) is 1. The van der Waals surface area contributed by atoms with Gasteiger partial charge in [0, 0.05) is 60.8 Å². The van der Waals surface area contributed by atoms with E-state index < -0.39 is 30.2 Å². The lowest BCUT2D eigenvalue weighted by Crippen LogP contribution is -2.48. The van der Waals surface area contributed by atoms with Crippen LogP contribution in [0.25, 0.3) is 0 Å². The molecule has 19 heteroatoms. The number of urea groups is 1. The average molecular weight is 798 g/mol. The second kappa shape index (κ2) is 20.0. The fraction of sp³-hybridized carbons (Fsp3) is 0.528. The Labute approximate surface area is 328 Å². The van der Waals surface area contributed by atoms with Gasteiger partial charge >= 0.3 is 6.03 Å². The Bertz CT molecular complexity index is 1660. The van der Waals surface area contributed by atoms with Gasteiger partial charge in [0.25, 0.3) is 11.8 Å². The number of ketones is 1. The topological polar surface area (TPSA) is 227 Å². The highest BCUT2D eigenvalue weighted by Crippen LogP contribution is 2.33. The number of carbonyl (C=O) groups is 8. The number of hydrogen-bond donors (Lipinski definition) is 7. The number of imide groups is 1. The molecule has 2 unspecified atom stereocenters. The van der Waals surface area contributed by atoms with Crippen LogP contribution < -0.4 is 37.2 Å². The fourth-order valence-electron chi connectivity index (χ4n) is 6.70. The van der Waals surface area contributed by atoms with Gasteiger partial charge in [-0.05, 0) is 55.6 Å². The average Bonchev–Trinajstić information content (AvgIpc) is 3.84. The van der Waals surface area contributed by atoms with E-state index in [0.29, 0.717) is 49.8 Å². The summed E-state index contributed by atoms with van der Waals surface area (Å²) >= 11 is 7.20. The van der Waals surface area contributed by atoms with Crippen molar-refractivity contribution in [1.29, 1.82) is 0 Å². The van der Waals surface area contributed by atoms with Crippen molar-refractivity contribution < 1.29 is 38.4 Å². The molecule has 0 aromatic heterocycles. The molecule has 3 atom stereocenters. The number of nitrogens with zero attached hydrogens (tertiary/aromatic N) is 2. The summed E-state index contributed by atoms with van der Waals surface area (Å²) in [5.74, 6) is -2.10. The van der Waals surface area contributed by atoms with Crippen molar-refractivity contribution in [2.24, 2.45) is 5.92 Å². The predicted octanol–water partition coefficient (Wildman–Crippen LogP) is -0.330. The van der Waals surface area contributed by atoms with Crippen LogP contribution in [0.3, 0.4) is 0 Å². The van der Waals surface area contributed by atoms with Crippen molar-refractivity contribution in [3.05, 3.63) is 42.0 Å². The molecule has 296 valence electrons. The third-order valence-corrected chi connectivity index (χ3v) is 11.6. The van der Waals surface area contributed by atoms with E-state index in [1.165, 1.54) is 0 Å². The molecule has 3 fully saturated rings. The van der Waals surface area contributed by atoms with E-state index in [0.717, 1.165) is 54.1 Å². The van der Waals surface area contributed by atoms with Crippen LogP contribution in [0.4, 0.5) is 10.5 Å². The molecular formula is C36H47N9O8S2. The van der Waals surface area contributed by atoms with Crippen LogP contribution in [0.2, 0.25) is 0 Å². The SMILES string of the molecule is O=C(CCCCC[C@@H]1SCC2NC(=O)NC21)NCc1ccc(NC(=S)NCC(=O)NCC(=O)N2CCC(C(=O)CNC(=O)CN3C(=O)C=CC3=O)CC2)cc1. The predicted molar refractivity (Wildman–Crippen MR) is 207 cm³/mol. The first-order valence-electron chi connectivity index (χ1n) is 18.4. The Hall–Kier alpha value is -5.04. The summed E-state index contributed by atoms with van der Waals surface area (Å²) in [4.78, 5) is 99.1. The molecule has 1 aromatic carbocycles. The summed E-state index contributed by atoms with van der Waals surface area (Å²) in [7, 11) is 0. The molecule has 5 rings (SSSR count). The van der Waals surface area contributed by atoms with Gasteiger partial charge < -0.3 is 42.1 Å². The Morgan fingerprint density at radius 3 is 2.24 bits per heavy atom. The highest BCUT2D eigenvalue weighted by Gasteiger charge is 2.42. The molecule has 0 bridgehead atoms. The van der Waals surface area contributed by atoms with Crippen LogP contribution in [0.5, 0.6) is 0 Å². The summed E-state index contributed by atoms with van der Waals surface area (Å²) < 4.78 is 0. The lowest BCUT2D eigenvalue weighted by molar-refractivity contribution is -0.141. The number of hydrogen-bond acceptors (Lipinski definition) is 10. The summed E-state index contributed by atoms with van der Waals surface area (Å²) in [5.41, 5.74) is 1.62. The maximum atomic E-state index is 12.7. The van der Waals surface area contributed by atoms with Crippen LogP contribution in [0.1, 0.15) is 50.5 Å². The standard InChI is InChI=1S/C36H47N9O8S2/c46-26(17-38-30(49)20-45-31(50)10-11-32(45)51)23-12-14-44(15-13-23)33(52)19-39-29(48)18-40-36(54)41-24-8-6-22(7-9-24)16-37-28(47)5-3-1-2-4-27-34-25(21-55-27)42-35(53)43-34/h6-11,23,25,27,34H,1-5,12-21H2,(H,37,47)(H,38,49)(H,39,48)(H2,40,41,54)(H2,42,43,53)/t25?,27-,34?/m0/s1. The minimum Gasteiger partial charge on any atom is -0.353 e. The molecule has 7 N–H and O–H groups in total. The smallest absolute Gasteiger partial charge is 0.315 e. The summed E-state index contributed by atoms with van der Waals surface area (Å²) in [5, 5.41) is 20.4. The van der Waals surface area contributed by atoms with Crippen LogP contribution in [-0.2, 0) is 40.1 Å². The summed E-state index contributed by atoms with van der Waals surface area (Å²) in [6.45, 7) is -0.0200. The molecule has 3 saturated heterocycles. The van der Waals surface area contributed by atoms with Gasteiger partial charge in [-0.25, -0.2) is 4.79 Å². The Morgan fingerprint density at radius 1 is 0.800 bits per heavy atom. The van der Waals surface area contributed by atoms with Crippen molar-refractivity contribution in [2.45, 2.75) is 68.8 Å². The number of carbonyl (C=O) groups excluding carboxylic acids is 8. The Balaban J connectivity index is 0.870. The van der Waals surface area contributed by atoms with Crippen molar-refractivity contribution in [3.8, 4) is 0 Å². The van der Waals surface area contributed by atoms with Gasteiger partial charge in [0.05, 0.1) is 31.7 Å². The van der Waals surface area contributed by atoms with Crippen LogP contribution in [0, 0.1) is 5.92 Å². The second-order valence-electron chi connectivity index (χ2n) is 13.8. The summed E-state index contributed by atoms with van der Waals surface area (Å²) in [6.07, 6.45) is 7.26. The molecule has 4 aliphatic heterocycles. The summed E-state index contributed by atoms with van der Waals surface area (Å²) in [6, 6.07) is 7.73. The van der Waals surface area contributed by atoms with Gasteiger partial charge in [-0.2, -0.15) is 11.8 Å². The number of thiocarbonyl (C=S) groups is 1. The zero-order chi connectivity index (χ0) is 39.3. The van der Waals surface area contributed by atoms with Crippen LogP contribution in [-0.4, -0.2) is 125 Å². The lowest BCUT2D eigenvalue weighted by atomic mass is 9.92. The van der Waals surface area contributed by atoms with Gasteiger partial charge in [0.1, 0.15) is 6.54 Å². The normalized spacial score (nSPS) is 20.4. The van der Waals surface area contributed by atoms with Crippen LogP contribution in [0.15, 0.2) is 36.4 Å². The molecular weight excluding hydrogens is 751 g/mol. The third-order valence-electron chi connectivity index (χ3n) is 9.84. The number of unbranched alkanes of at least 4 members (excludes halogenated alkanes) is 2. The third kappa shape index (κ3) is 12.5. The minimum atomic E-state index is -0.618. The molecule has 17 nitrogen and oxygen atoms in total. The number of fused-ring (bicyclic) bond motifs is 1. The van der Waals surface area contributed by atoms with Crippen LogP contribution >= 0.6 is 24.0 Å². The molecule has 1 aromatic rings. The van der Waals surface area contributed by atoms with E-state index in [-0.39, 0.29) is 66.4 Å². The number of rotatable bonds is 18. The van der Waals surface area contributed by atoms with E-state index in [4.69, 9.17) is 12.2 Å². The number of thioether (sulfide) groups is 1. The van der Waals surface area contributed by atoms with Crippen molar-refractivity contribution in [3.63, 3.8) is 0 Å². The first-order chi connectivity index (χ1) is 26.4. The molecule has 0 saturated carbocycles. The van der Waals surface area contributed by atoms with E-state index in [9.17, 15) is 38.4 Å². The van der Waals surface area contributed by atoms with Gasteiger partial charge in [-0.15, -0.1) is 0 Å². The minimum absolute atomic E-state index is 0.0000200. The quantitative estimate of drug-likeness (QED) is 0.0439. The second-order valence-corrected chi connectivity index (χ2v) is 15.5. The van der Waals surface area contributed by atoms with E-state index in [1.807, 2.05) is 36.0 Å². The molecule has 0 radical (unpaired) electrons.